The van der Waals surface area contributed by atoms with Crippen LogP contribution in [-0.4, -0.2) is 68.3 Å². The smallest absolute Gasteiger partial charge is 0.238 e. The molecule has 1 heterocycles. The normalized spacial score (nSPS) is 21.3. The van der Waals surface area contributed by atoms with E-state index >= 15 is 0 Å². The lowest BCUT2D eigenvalue weighted by molar-refractivity contribution is -0.122. The van der Waals surface area contributed by atoms with Gasteiger partial charge in [-0.25, -0.2) is 13.1 Å². The zero-order chi connectivity index (χ0) is 22.1. The zero-order valence-electron chi connectivity index (χ0n) is 18.4. The van der Waals surface area contributed by atoms with Crippen molar-refractivity contribution in [3.8, 4) is 0 Å². The van der Waals surface area contributed by atoms with Crippen LogP contribution in [0.3, 0.4) is 0 Å². The van der Waals surface area contributed by atoms with Crippen LogP contribution in [0.25, 0.3) is 0 Å². The topological polar surface area (TPSA) is 87.7 Å². The maximum Gasteiger partial charge on any atom is 0.238 e. The molecule has 170 valence electrons. The average Bonchev–Trinajstić information content (AvgIpc) is 2.69. The van der Waals surface area contributed by atoms with Crippen molar-refractivity contribution < 1.29 is 17.9 Å². The van der Waals surface area contributed by atoms with Gasteiger partial charge < -0.3 is 10.1 Å². The molecule has 1 saturated heterocycles. The third-order valence-corrected chi connectivity index (χ3v) is 7.14. The summed E-state index contributed by atoms with van der Waals surface area (Å²) in [6.07, 6.45) is 2.79. The van der Waals surface area contributed by atoms with E-state index in [9.17, 15) is 13.2 Å². The van der Waals surface area contributed by atoms with E-state index < -0.39 is 16.1 Å². The first-order valence-electron chi connectivity index (χ1n) is 10.4. The summed E-state index contributed by atoms with van der Waals surface area (Å²) in [5.74, 6) is 0.369. The second kappa shape index (κ2) is 12.0. The van der Waals surface area contributed by atoms with E-state index in [0.29, 0.717) is 18.7 Å². The van der Waals surface area contributed by atoms with Gasteiger partial charge in [0.1, 0.15) is 6.04 Å². The summed E-state index contributed by atoms with van der Waals surface area (Å²) in [4.78, 5) is 15.1. The van der Waals surface area contributed by atoms with Gasteiger partial charge in [0, 0.05) is 26.2 Å². The van der Waals surface area contributed by atoms with Gasteiger partial charge >= 0.3 is 0 Å². The number of rotatable bonds is 11. The van der Waals surface area contributed by atoms with Gasteiger partial charge in [0.05, 0.1) is 18.0 Å². The molecule has 1 aliphatic rings. The Bertz CT molecular complexity index is 778. The van der Waals surface area contributed by atoms with Crippen LogP contribution in [0.15, 0.2) is 24.3 Å². The van der Waals surface area contributed by atoms with Gasteiger partial charge in [-0.15, -0.1) is 0 Å². The Morgan fingerprint density at radius 3 is 2.47 bits per heavy atom. The van der Waals surface area contributed by atoms with Gasteiger partial charge in [-0.1, -0.05) is 24.3 Å². The number of carbonyl (C=O) groups excluding carboxylic acids is 1. The first-order chi connectivity index (χ1) is 14.2. The zero-order valence-corrected chi connectivity index (χ0v) is 20.0. The summed E-state index contributed by atoms with van der Waals surface area (Å²) in [7, 11) is -3.45. The molecule has 0 bridgehead atoms. The molecule has 1 aliphatic heterocycles. The number of amides is 1. The summed E-state index contributed by atoms with van der Waals surface area (Å²) in [6, 6.07) is 7.30. The summed E-state index contributed by atoms with van der Waals surface area (Å²) >= 11 is 1.59. The molecule has 1 amide bonds. The summed E-state index contributed by atoms with van der Waals surface area (Å²) in [5, 5.41) is 2.93. The van der Waals surface area contributed by atoms with Crippen LogP contribution >= 0.6 is 11.8 Å². The molecule has 7 nitrogen and oxygen atoms in total. The highest BCUT2D eigenvalue weighted by molar-refractivity contribution is 7.98. The fraction of sp³-hybridized carbons (Fsp3) is 0.667. The second-order valence-corrected chi connectivity index (χ2v) is 10.8. The lowest BCUT2D eigenvalue weighted by atomic mass is 10.1. The standard InChI is InChI=1S/C21H35N3O4S2/c1-5-30(26,27)23-20(10-11-29-4)21(25)22-12-18-8-6-7-9-19(18)15-24-13-16(2)28-17(3)14-24/h6-9,16-17,20,23H,5,10-15H2,1-4H3,(H,22,25). The third kappa shape index (κ3) is 8.19. The van der Waals surface area contributed by atoms with E-state index in [2.05, 4.69) is 34.9 Å². The molecule has 2 N–H and O–H groups in total. The van der Waals surface area contributed by atoms with Crippen molar-refractivity contribution in [1.82, 2.24) is 14.9 Å². The molecule has 0 aromatic heterocycles. The maximum absolute atomic E-state index is 12.7. The number of ether oxygens (including phenoxy) is 1. The van der Waals surface area contributed by atoms with E-state index in [4.69, 9.17) is 4.74 Å². The number of carbonyl (C=O) groups is 1. The Morgan fingerprint density at radius 1 is 1.23 bits per heavy atom. The minimum Gasteiger partial charge on any atom is -0.373 e. The molecule has 1 aromatic rings. The van der Waals surface area contributed by atoms with Gasteiger partial charge in [0.2, 0.25) is 15.9 Å². The SMILES string of the molecule is CCS(=O)(=O)NC(CCSC)C(=O)NCc1ccccc1CN1CC(C)OC(C)C1. The van der Waals surface area contributed by atoms with E-state index in [1.54, 1.807) is 18.7 Å². The van der Waals surface area contributed by atoms with Crippen LogP contribution in [0.5, 0.6) is 0 Å². The van der Waals surface area contributed by atoms with Crippen LogP contribution in [0.1, 0.15) is 38.3 Å². The minimum absolute atomic E-state index is 0.0464. The van der Waals surface area contributed by atoms with Gasteiger partial charge in [-0.2, -0.15) is 11.8 Å². The third-order valence-electron chi connectivity index (χ3n) is 5.09. The first kappa shape index (κ1) is 25.1. The number of hydrogen-bond donors (Lipinski definition) is 2. The molecule has 3 unspecified atom stereocenters. The largest absolute Gasteiger partial charge is 0.373 e. The van der Waals surface area contributed by atoms with Crippen molar-refractivity contribution in [3.05, 3.63) is 35.4 Å². The summed E-state index contributed by atoms with van der Waals surface area (Å²) < 4.78 is 32.3. The summed E-state index contributed by atoms with van der Waals surface area (Å²) in [6.45, 7) is 8.65. The van der Waals surface area contributed by atoms with Gasteiger partial charge in [0.25, 0.3) is 0 Å². The fourth-order valence-electron chi connectivity index (χ4n) is 3.62. The number of nitrogens with zero attached hydrogens (tertiary/aromatic N) is 1. The molecule has 9 heteroatoms. The Labute approximate surface area is 185 Å². The van der Waals surface area contributed by atoms with Crippen molar-refractivity contribution in [2.75, 3.05) is 30.9 Å². The Hall–Kier alpha value is -1.13. The molecule has 1 fully saturated rings. The van der Waals surface area contributed by atoms with Crippen LogP contribution in [0.4, 0.5) is 0 Å². The highest BCUT2D eigenvalue weighted by Crippen LogP contribution is 2.17. The van der Waals surface area contributed by atoms with Gasteiger partial charge in [-0.3, -0.25) is 9.69 Å². The second-order valence-electron chi connectivity index (χ2n) is 7.79. The molecule has 3 atom stereocenters. The lowest BCUT2D eigenvalue weighted by Gasteiger charge is -2.35. The van der Waals surface area contributed by atoms with Crippen molar-refractivity contribution in [2.45, 2.75) is 58.5 Å². The molecule has 0 saturated carbocycles. The van der Waals surface area contributed by atoms with E-state index in [1.807, 2.05) is 24.5 Å². The molecular weight excluding hydrogens is 422 g/mol. The summed E-state index contributed by atoms with van der Waals surface area (Å²) in [5.41, 5.74) is 2.20. The number of thioether (sulfide) groups is 1. The highest BCUT2D eigenvalue weighted by atomic mass is 32.2. The maximum atomic E-state index is 12.7. The average molecular weight is 458 g/mol. The van der Waals surface area contributed by atoms with Crippen molar-refractivity contribution >= 4 is 27.7 Å². The van der Waals surface area contributed by atoms with Crippen molar-refractivity contribution in [2.24, 2.45) is 0 Å². The molecule has 0 aliphatic carbocycles. The first-order valence-corrected chi connectivity index (χ1v) is 13.5. The van der Waals surface area contributed by atoms with Crippen LogP contribution in [0.2, 0.25) is 0 Å². The van der Waals surface area contributed by atoms with Crippen molar-refractivity contribution in [1.29, 1.82) is 0 Å². The van der Waals surface area contributed by atoms with E-state index in [1.165, 1.54) is 0 Å². The Kier molecular flexibility index (Phi) is 10.1. The number of sulfonamides is 1. The Balaban J connectivity index is 2.02. The minimum atomic E-state index is -3.45. The predicted molar refractivity (Wildman–Crippen MR) is 123 cm³/mol. The number of nitrogens with one attached hydrogen (secondary N) is 2. The molecule has 30 heavy (non-hydrogen) atoms. The van der Waals surface area contributed by atoms with E-state index in [0.717, 1.165) is 30.8 Å². The van der Waals surface area contributed by atoms with Crippen LogP contribution < -0.4 is 10.0 Å². The van der Waals surface area contributed by atoms with Gasteiger partial charge in [0.15, 0.2) is 0 Å². The number of morpholine rings is 1. The number of benzene rings is 1. The quantitative estimate of drug-likeness (QED) is 0.528. The monoisotopic (exact) mass is 457 g/mol. The van der Waals surface area contributed by atoms with Crippen LogP contribution in [-0.2, 0) is 32.6 Å². The fourth-order valence-corrected chi connectivity index (χ4v) is 4.92. The van der Waals surface area contributed by atoms with Crippen molar-refractivity contribution in [3.63, 3.8) is 0 Å². The van der Waals surface area contributed by atoms with E-state index in [-0.39, 0.29) is 23.9 Å². The molecular formula is C21H35N3O4S2. The Morgan fingerprint density at radius 2 is 1.87 bits per heavy atom. The molecule has 1 aromatic carbocycles. The number of hydrogen-bond acceptors (Lipinski definition) is 6. The lowest BCUT2D eigenvalue weighted by Crippen LogP contribution is -2.47. The van der Waals surface area contributed by atoms with Crippen LogP contribution in [0, 0.1) is 0 Å². The molecule has 0 radical (unpaired) electrons. The predicted octanol–water partition coefficient (Wildman–Crippen LogP) is 1.97. The molecule has 2 rings (SSSR count). The van der Waals surface area contributed by atoms with Gasteiger partial charge in [-0.05, 0) is 50.3 Å². The highest BCUT2D eigenvalue weighted by Gasteiger charge is 2.24. The molecule has 0 spiro atoms.